The van der Waals surface area contributed by atoms with Crippen LogP contribution in [0.1, 0.15) is 6.42 Å². The van der Waals surface area contributed by atoms with E-state index in [0.29, 0.717) is 11.7 Å². The fourth-order valence-corrected chi connectivity index (χ4v) is 2.55. The Morgan fingerprint density at radius 1 is 1.38 bits per heavy atom. The van der Waals surface area contributed by atoms with Crippen molar-refractivity contribution in [1.82, 2.24) is 9.80 Å². The molecule has 13 heavy (non-hydrogen) atoms. The van der Waals surface area contributed by atoms with Gasteiger partial charge in [-0.25, -0.2) is 0 Å². The van der Waals surface area contributed by atoms with Crippen molar-refractivity contribution in [2.24, 2.45) is 5.41 Å². The number of hydrogen-bond donors (Lipinski definition) is 0. The molecule has 0 aromatic carbocycles. The van der Waals surface area contributed by atoms with Gasteiger partial charge in [0.15, 0.2) is 0 Å². The summed E-state index contributed by atoms with van der Waals surface area (Å²) in [6, 6.07) is 0. The summed E-state index contributed by atoms with van der Waals surface area (Å²) in [5.41, 5.74) is 0.313. The normalized spacial score (nSPS) is 26.1. The SMILES string of the molecule is CN1CC2(CCN(C(=O)C=O)C2)C1. The molecule has 2 saturated heterocycles. The minimum absolute atomic E-state index is 0.313. The van der Waals surface area contributed by atoms with Gasteiger partial charge >= 0.3 is 0 Å². The van der Waals surface area contributed by atoms with Gasteiger partial charge in [-0.1, -0.05) is 0 Å². The van der Waals surface area contributed by atoms with Crippen molar-refractivity contribution in [3.63, 3.8) is 0 Å². The second kappa shape index (κ2) is 2.80. The zero-order valence-corrected chi connectivity index (χ0v) is 7.82. The van der Waals surface area contributed by atoms with Crippen LogP contribution in [0.3, 0.4) is 0 Å². The Kier molecular flexibility index (Phi) is 1.87. The molecule has 2 rings (SSSR count). The molecule has 4 heteroatoms. The lowest BCUT2D eigenvalue weighted by Gasteiger charge is -2.45. The molecular weight excluding hydrogens is 168 g/mol. The van der Waals surface area contributed by atoms with E-state index in [1.54, 1.807) is 4.90 Å². The topological polar surface area (TPSA) is 40.6 Å². The fourth-order valence-electron chi connectivity index (χ4n) is 2.55. The Morgan fingerprint density at radius 3 is 2.62 bits per heavy atom. The number of nitrogens with zero attached hydrogens (tertiary/aromatic N) is 2. The van der Waals surface area contributed by atoms with E-state index >= 15 is 0 Å². The van der Waals surface area contributed by atoms with Crippen molar-refractivity contribution in [3.05, 3.63) is 0 Å². The predicted molar refractivity (Wildman–Crippen MR) is 47.2 cm³/mol. The fraction of sp³-hybridized carbons (Fsp3) is 0.778. The third kappa shape index (κ3) is 1.35. The van der Waals surface area contributed by atoms with E-state index in [1.165, 1.54) is 0 Å². The molecule has 0 atom stereocenters. The van der Waals surface area contributed by atoms with Gasteiger partial charge in [0.25, 0.3) is 5.91 Å². The lowest BCUT2D eigenvalue weighted by Crippen LogP contribution is -2.55. The zero-order chi connectivity index (χ0) is 9.47. The summed E-state index contributed by atoms with van der Waals surface area (Å²) in [5.74, 6) is -0.355. The van der Waals surface area contributed by atoms with E-state index in [1.807, 2.05) is 0 Å². The van der Waals surface area contributed by atoms with Crippen LogP contribution in [-0.2, 0) is 9.59 Å². The monoisotopic (exact) mass is 182 g/mol. The molecule has 0 aromatic heterocycles. The maximum absolute atomic E-state index is 11.1. The molecule has 1 amide bonds. The van der Waals surface area contributed by atoms with E-state index in [0.717, 1.165) is 32.6 Å². The van der Waals surface area contributed by atoms with Crippen LogP contribution in [0.15, 0.2) is 0 Å². The third-order valence-corrected chi connectivity index (χ3v) is 3.06. The van der Waals surface area contributed by atoms with Gasteiger partial charge in [-0.2, -0.15) is 0 Å². The van der Waals surface area contributed by atoms with E-state index < -0.39 is 0 Å². The molecule has 0 saturated carbocycles. The van der Waals surface area contributed by atoms with Gasteiger partial charge < -0.3 is 9.80 Å². The standard InChI is InChI=1S/C9H14N2O2/c1-10-5-9(6-10)2-3-11(7-9)8(13)4-12/h4H,2-3,5-7H2,1H3. The lowest BCUT2D eigenvalue weighted by molar-refractivity contribution is -0.138. The van der Waals surface area contributed by atoms with E-state index in [-0.39, 0.29) is 5.91 Å². The summed E-state index contributed by atoms with van der Waals surface area (Å²) in [6.45, 7) is 3.66. The molecule has 0 N–H and O–H groups in total. The van der Waals surface area contributed by atoms with Crippen LogP contribution in [0.4, 0.5) is 0 Å². The molecule has 0 bridgehead atoms. The minimum atomic E-state index is -0.355. The number of rotatable bonds is 1. The number of carbonyl (C=O) groups is 2. The summed E-state index contributed by atoms with van der Waals surface area (Å²) in [7, 11) is 2.08. The highest BCUT2D eigenvalue weighted by molar-refractivity contribution is 6.23. The smallest absolute Gasteiger partial charge is 0.286 e. The second-order valence-electron chi connectivity index (χ2n) is 4.30. The van der Waals surface area contributed by atoms with Crippen LogP contribution < -0.4 is 0 Å². The second-order valence-corrected chi connectivity index (χ2v) is 4.30. The maximum Gasteiger partial charge on any atom is 0.286 e. The largest absolute Gasteiger partial charge is 0.336 e. The first-order valence-corrected chi connectivity index (χ1v) is 4.58. The number of likely N-dealkylation sites (tertiary alicyclic amines) is 2. The van der Waals surface area contributed by atoms with Gasteiger partial charge in [-0.05, 0) is 13.5 Å². The number of hydrogen-bond acceptors (Lipinski definition) is 3. The van der Waals surface area contributed by atoms with Gasteiger partial charge in [0.2, 0.25) is 6.29 Å². The molecular formula is C9H14N2O2. The first kappa shape index (κ1) is 8.69. The highest BCUT2D eigenvalue weighted by Gasteiger charge is 2.46. The Labute approximate surface area is 77.5 Å². The van der Waals surface area contributed by atoms with Crippen LogP contribution >= 0.6 is 0 Å². The van der Waals surface area contributed by atoms with Crippen molar-refractivity contribution < 1.29 is 9.59 Å². The van der Waals surface area contributed by atoms with E-state index in [4.69, 9.17) is 0 Å². The van der Waals surface area contributed by atoms with Crippen molar-refractivity contribution >= 4 is 12.2 Å². The molecule has 2 heterocycles. The van der Waals surface area contributed by atoms with Crippen LogP contribution in [0.25, 0.3) is 0 Å². The lowest BCUT2D eigenvalue weighted by atomic mass is 9.79. The highest BCUT2D eigenvalue weighted by atomic mass is 16.2. The van der Waals surface area contributed by atoms with Crippen LogP contribution in [0.5, 0.6) is 0 Å². The van der Waals surface area contributed by atoms with Crippen molar-refractivity contribution in [3.8, 4) is 0 Å². The molecule has 2 aliphatic heterocycles. The Balaban J connectivity index is 1.95. The Bertz CT molecular complexity index is 246. The first-order chi connectivity index (χ1) is 6.15. The number of carbonyl (C=O) groups excluding carboxylic acids is 2. The molecule has 0 unspecified atom stereocenters. The molecule has 1 spiro atoms. The molecule has 0 aliphatic carbocycles. The zero-order valence-electron chi connectivity index (χ0n) is 7.82. The van der Waals surface area contributed by atoms with Gasteiger partial charge in [-0.15, -0.1) is 0 Å². The van der Waals surface area contributed by atoms with Crippen molar-refractivity contribution in [2.75, 3.05) is 33.2 Å². The quantitative estimate of drug-likeness (QED) is 0.399. The molecule has 0 aromatic rings. The first-order valence-electron chi connectivity index (χ1n) is 4.58. The molecule has 72 valence electrons. The number of amides is 1. The Hall–Kier alpha value is -0.900. The van der Waals surface area contributed by atoms with Crippen LogP contribution in [0, 0.1) is 5.41 Å². The summed E-state index contributed by atoms with van der Waals surface area (Å²) in [4.78, 5) is 25.3. The average molecular weight is 182 g/mol. The van der Waals surface area contributed by atoms with Gasteiger partial charge in [0.05, 0.1) is 0 Å². The molecule has 4 nitrogen and oxygen atoms in total. The summed E-state index contributed by atoms with van der Waals surface area (Å²) < 4.78 is 0. The van der Waals surface area contributed by atoms with Crippen molar-refractivity contribution in [1.29, 1.82) is 0 Å². The Morgan fingerprint density at radius 2 is 2.08 bits per heavy atom. The molecule has 0 radical (unpaired) electrons. The predicted octanol–water partition coefficient (Wildman–Crippen LogP) is -0.651. The summed E-state index contributed by atoms with van der Waals surface area (Å²) >= 11 is 0. The van der Waals surface area contributed by atoms with Crippen molar-refractivity contribution in [2.45, 2.75) is 6.42 Å². The molecule has 2 fully saturated rings. The van der Waals surface area contributed by atoms with Crippen LogP contribution in [0.2, 0.25) is 0 Å². The van der Waals surface area contributed by atoms with Gasteiger partial charge in [0, 0.05) is 31.6 Å². The summed E-state index contributed by atoms with van der Waals surface area (Å²) in [6.07, 6.45) is 1.47. The van der Waals surface area contributed by atoms with Gasteiger partial charge in [-0.3, -0.25) is 9.59 Å². The maximum atomic E-state index is 11.1. The van der Waals surface area contributed by atoms with Gasteiger partial charge in [0.1, 0.15) is 0 Å². The third-order valence-electron chi connectivity index (χ3n) is 3.06. The van der Waals surface area contributed by atoms with E-state index in [2.05, 4.69) is 11.9 Å². The van der Waals surface area contributed by atoms with E-state index in [9.17, 15) is 9.59 Å². The highest BCUT2D eigenvalue weighted by Crippen LogP contribution is 2.38. The average Bonchev–Trinajstić information content (AvgIpc) is 2.47. The van der Waals surface area contributed by atoms with Crippen LogP contribution in [-0.4, -0.2) is 55.2 Å². The molecule has 2 aliphatic rings. The minimum Gasteiger partial charge on any atom is -0.336 e. The summed E-state index contributed by atoms with van der Waals surface area (Å²) in [5, 5.41) is 0. The number of aldehydes is 1.